The van der Waals surface area contributed by atoms with Crippen molar-refractivity contribution in [2.75, 3.05) is 17.1 Å². The minimum Gasteiger partial charge on any atom is -0.495 e. The number of ether oxygens (including phenoxy) is 1. The predicted molar refractivity (Wildman–Crippen MR) is 110 cm³/mol. The summed E-state index contributed by atoms with van der Waals surface area (Å²) in [4.78, 5) is 11.3. The molecular weight excluding hydrogens is 418 g/mol. The van der Waals surface area contributed by atoms with E-state index in [0.29, 0.717) is 27.5 Å². The second-order valence-electron chi connectivity index (χ2n) is 6.13. The minimum atomic E-state index is -3.99. The van der Waals surface area contributed by atoms with Gasteiger partial charge in [0.05, 0.1) is 18.4 Å². The molecule has 0 saturated carbocycles. The van der Waals surface area contributed by atoms with Gasteiger partial charge in [-0.05, 0) is 48.9 Å². The van der Waals surface area contributed by atoms with E-state index >= 15 is 0 Å². The van der Waals surface area contributed by atoms with E-state index in [9.17, 15) is 13.2 Å². The summed E-state index contributed by atoms with van der Waals surface area (Å²) in [6.07, 6.45) is 0. The van der Waals surface area contributed by atoms with Gasteiger partial charge in [0, 0.05) is 17.6 Å². The van der Waals surface area contributed by atoms with E-state index in [0.717, 1.165) is 0 Å². The van der Waals surface area contributed by atoms with Gasteiger partial charge < -0.3 is 9.26 Å². The van der Waals surface area contributed by atoms with Gasteiger partial charge in [-0.25, -0.2) is 8.42 Å². The standard InChI is InChI=1S/C19H18ClN3O5S/c1-11-18(19(28-22-11)21-12(2)24)13-4-9-16(27-3)17(10-13)29(25,26)23-15-7-5-14(20)6-8-15/h4-10,23H,1-3H3,(H,21,24). The molecule has 29 heavy (non-hydrogen) atoms. The molecule has 0 spiro atoms. The molecular formula is C19H18ClN3O5S. The molecule has 0 fully saturated rings. The normalized spacial score (nSPS) is 11.2. The minimum absolute atomic E-state index is 0.0816. The summed E-state index contributed by atoms with van der Waals surface area (Å²) in [6.45, 7) is 3.02. The molecule has 2 aromatic carbocycles. The summed E-state index contributed by atoms with van der Waals surface area (Å²) in [5, 5.41) is 6.89. The lowest BCUT2D eigenvalue weighted by Crippen LogP contribution is -2.14. The van der Waals surface area contributed by atoms with Gasteiger partial charge in [0.15, 0.2) is 0 Å². The van der Waals surface area contributed by atoms with Crippen molar-refractivity contribution in [1.82, 2.24) is 5.16 Å². The molecule has 0 saturated heterocycles. The number of carbonyl (C=O) groups is 1. The number of hydrogen-bond donors (Lipinski definition) is 2. The van der Waals surface area contributed by atoms with E-state index in [-0.39, 0.29) is 22.4 Å². The lowest BCUT2D eigenvalue weighted by atomic mass is 10.1. The van der Waals surface area contributed by atoms with Gasteiger partial charge in [0.1, 0.15) is 10.6 Å². The topological polar surface area (TPSA) is 111 Å². The molecule has 1 aromatic heterocycles. The van der Waals surface area contributed by atoms with Crippen LogP contribution in [-0.2, 0) is 14.8 Å². The van der Waals surface area contributed by atoms with Gasteiger partial charge in [-0.1, -0.05) is 22.8 Å². The van der Waals surface area contributed by atoms with Gasteiger partial charge in [-0.2, -0.15) is 0 Å². The van der Waals surface area contributed by atoms with E-state index in [1.807, 2.05) is 0 Å². The largest absolute Gasteiger partial charge is 0.495 e. The summed E-state index contributed by atoms with van der Waals surface area (Å²) in [5.41, 5.74) is 1.81. The number of carbonyl (C=O) groups excluding carboxylic acids is 1. The second-order valence-corrected chi connectivity index (χ2v) is 8.22. The van der Waals surface area contributed by atoms with Crippen LogP contribution in [0.15, 0.2) is 51.9 Å². The van der Waals surface area contributed by atoms with Gasteiger partial charge in [0.2, 0.25) is 11.8 Å². The fraction of sp³-hybridized carbons (Fsp3) is 0.158. The number of rotatable bonds is 6. The average Bonchev–Trinajstić information content (AvgIpc) is 3.02. The van der Waals surface area contributed by atoms with E-state index < -0.39 is 10.0 Å². The molecule has 0 radical (unpaired) electrons. The van der Waals surface area contributed by atoms with E-state index in [4.69, 9.17) is 20.9 Å². The quantitative estimate of drug-likeness (QED) is 0.603. The summed E-state index contributed by atoms with van der Waals surface area (Å²) in [5.74, 6) is -0.0484. The van der Waals surface area contributed by atoms with Gasteiger partial charge in [-0.3, -0.25) is 14.8 Å². The molecule has 1 amide bonds. The van der Waals surface area contributed by atoms with E-state index in [2.05, 4.69) is 15.2 Å². The molecule has 0 unspecified atom stereocenters. The van der Waals surface area contributed by atoms with Crippen molar-refractivity contribution >= 4 is 39.1 Å². The zero-order valence-electron chi connectivity index (χ0n) is 15.8. The number of halogens is 1. The maximum absolute atomic E-state index is 13.0. The number of nitrogens with one attached hydrogen (secondary N) is 2. The molecule has 3 aromatic rings. The Bertz CT molecular complexity index is 1160. The van der Waals surface area contributed by atoms with Crippen LogP contribution in [0.2, 0.25) is 5.02 Å². The van der Waals surface area contributed by atoms with Gasteiger partial charge >= 0.3 is 0 Å². The van der Waals surface area contributed by atoms with Crippen molar-refractivity contribution in [2.24, 2.45) is 0 Å². The predicted octanol–water partition coefficient (Wildman–Crippen LogP) is 4.07. The zero-order chi connectivity index (χ0) is 21.2. The fourth-order valence-corrected chi connectivity index (χ4v) is 4.11. The van der Waals surface area contributed by atoms with Crippen molar-refractivity contribution in [1.29, 1.82) is 0 Å². The van der Waals surface area contributed by atoms with Gasteiger partial charge in [0.25, 0.3) is 10.0 Å². The number of aryl methyl sites for hydroxylation is 1. The Morgan fingerprint density at radius 3 is 2.48 bits per heavy atom. The Morgan fingerprint density at radius 1 is 1.17 bits per heavy atom. The lowest BCUT2D eigenvalue weighted by molar-refractivity contribution is -0.114. The Balaban J connectivity index is 2.07. The first-order chi connectivity index (χ1) is 13.7. The maximum Gasteiger partial charge on any atom is 0.265 e. The lowest BCUT2D eigenvalue weighted by Gasteiger charge is -2.13. The highest BCUT2D eigenvalue weighted by molar-refractivity contribution is 7.92. The Morgan fingerprint density at radius 2 is 1.86 bits per heavy atom. The molecule has 1 heterocycles. The van der Waals surface area contributed by atoms with Crippen molar-refractivity contribution < 1.29 is 22.5 Å². The third-order valence-corrected chi connectivity index (χ3v) is 5.65. The highest BCUT2D eigenvalue weighted by atomic mass is 35.5. The van der Waals surface area contributed by atoms with E-state index in [1.165, 1.54) is 26.2 Å². The molecule has 0 bridgehead atoms. The van der Waals surface area contributed by atoms with Crippen molar-refractivity contribution in [3.63, 3.8) is 0 Å². The average molecular weight is 436 g/mol. The number of anilines is 2. The first-order valence-corrected chi connectivity index (χ1v) is 10.3. The number of hydrogen-bond acceptors (Lipinski definition) is 6. The summed E-state index contributed by atoms with van der Waals surface area (Å²) in [6, 6.07) is 10.9. The van der Waals surface area contributed by atoms with Crippen LogP contribution >= 0.6 is 11.6 Å². The number of nitrogens with zero attached hydrogens (tertiary/aromatic N) is 1. The second kappa shape index (κ2) is 8.14. The maximum atomic E-state index is 13.0. The van der Waals surface area contributed by atoms with Gasteiger partial charge in [-0.15, -0.1) is 0 Å². The van der Waals surface area contributed by atoms with Crippen LogP contribution in [0.3, 0.4) is 0 Å². The molecule has 0 aliphatic rings. The van der Waals surface area contributed by atoms with Crippen molar-refractivity contribution in [2.45, 2.75) is 18.7 Å². The van der Waals surface area contributed by atoms with Crippen molar-refractivity contribution in [3.05, 3.63) is 53.2 Å². The molecule has 0 aliphatic carbocycles. The Kier molecular flexibility index (Phi) is 5.81. The smallest absolute Gasteiger partial charge is 0.265 e. The highest BCUT2D eigenvalue weighted by Crippen LogP contribution is 2.36. The Labute approximate surface area is 172 Å². The molecule has 0 atom stereocenters. The summed E-state index contributed by atoms with van der Waals surface area (Å²) in [7, 11) is -2.61. The van der Waals surface area contributed by atoms with Crippen LogP contribution in [0.4, 0.5) is 11.6 Å². The Hall–Kier alpha value is -3.04. The zero-order valence-corrected chi connectivity index (χ0v) is 17.4. The van der Waals surface area contributed by atoms with Crippen LogP contribution < -0.4 is 14.8 Å². The van der Waals surface area contributed by atoms with Crippen LogP contribution in [0.25, 0.3) is 11.1 Å². The van der Waals surface area contributed by atoms with Crippen LogP contribution in [0.5, 0.6) is 5.75 Å². The number of amides is 1. The third-order valence-electron chi connectivity index (χ3n) is 3.99. The molecule has 152 valence electrons. The summed E-state index contributed by atoms with van der Waals surface area (Å²) >= 11 is 5.85. The van der Waals surface area contributed by atoms with Crippen molar-refractivity contribution in [3.8, 4) is 16.9 Å². The van der Waals surface area contributed by atoms with E-state index in [1.54, 1.807) is 37.3 Å². The highest BCUT2D eigenvalue weighted by Gasteiger charge is 2.23. The first kappa shape index (κ1) is 20.7. The SMILES string of the molecule is COc1ccc(-c2c(C)noc2NC(C)=O)cc1S(=O)(=O)Nc1ccc(Cl)cc1. The molecule has 8 nitrogen and oxygen atoms in total. The number of benzene rings is 2. The number of aromatic nitrogens is 1. The first-order valence-electron chi connectivity index (χ1n) is 8.42. The fourth-order valence-electron chi connectivity index (χ4n) is 2.73. The van der Waals surface area contributed by atoms with Crippen LogP contribution in [0.1, 0.15) is 12.6 Å². The molecule has 2 N–H and O–H groups in total. The molecule has 10 heteroatoms. The monoisotopic (exact) mass is 435 g/mol. The number of methoxy groups -OCH3 is 1. The molecule has 3 rings (SSSR count). The van der Waals surface area contributed by atoms with Crippen LogP contribution in [0, 0.1) is 6.92 Å². The third kappa shape index (κ3) is 4.52. The summed E-state index contributed by atoms with van der Waals surface area (Å²) < 4.78 is 38.9. The number of sulfonamides is 1. The molecule has 0 aliphatic heterocycles. The van der Waals surface area contributed by atoms with Crippen LogP contribution in [-0.4, -0.2) is 26.6 Å².